The highest BCUT2D eigenvalue weighted by Crippen LogP contribution is 2.25. The van der Waals surface area contributed by atoms with Gasteiger partial charge in [-0.2, -0.15) is 0 Å². The highest BCUT2D eigenvalue weighted by atomic mass is 35.5. The molecule has 7 heteroatoms. The van der Waals surface area contributed by atoms with Crippen molar-refractivity contribution in [3.63, 3.8) is 0 Å². The van der Waals surface area contributed by atoms with Crippen molar-refractivity contribution in [2.45, 2.75) is 27.3 Å². The van der Waals surface area contributed by atoms with Crippen molar-refractivity contribution in [1.82, 2.24) is 4.57 Å². The highest BCUT2D eigenvalue weighted by molar-refractivity contribution is 6.32. The molecule has 0 N–H and O–H groups in total. The van der Waals surface area contributed by atoms with E-state index in [-0.39, 0.29) is 19.0 Å². The molecule has 0 aliphatic heterocycles. The van der Waals surface area contributed by atoms with Gasteiger partial charge in [-0.15, -0.1) is 0 Å². The van der Waals surface area contributed by atoms with Gasteiger partial charge in [0.2, 0.25) is 5.78 Å². The first-order valence-corrected chi connectivity index (χ1v) is 9.50. The minimum absolute atomic E-state index is 0.272. The molecular formula is C22H22ClNO5. The molecule has 0 amide bonds. The van der Waals surface area contributed by atoms with E-state index >= 15 is 0 Å². The molecule has 3 rings (SSSR count). The number of furan rings is 1. The highest BCUT2D eigenvalue weighted by Gasteiger charge is 2.18. The molecule has 29 heavy (non-hydrogen) atoms. The van der Waals surface area contributed by atoms with Crippen LogP contribution in [0.3, 0.4) is 0 Å². The molecular weight excluding hydrogens is 394 g/mol. The van der Waals surface area contributed by atoms with Crippen LogP contribution in [0.25, 0.3) is 0 Å². The summed E-state index contributed by atoms with van der Waals surface area (Å²) in [5.74, 6) is 0.284. The normalized spacial score (nSPS) is 10.8. The Hall–Kier alpha value is -2.99. The van der Waals surface area contributed by atoms with Gasteiger partial charge in [0.1, 0.15) is 11.5 Å². The Morgan fingerprint density at radius 2 is 1.90 bits per heavy atom. The van der Waals surface area contributed by atoms with Crippen LogP contribution in [0.15, 0.2) is 47.1 Å². The van der Waals surface area contributed by atoms with Crippen molar-refractivity contribution in [1.29, 1.82) is 0 Å². The maximum absolute atomic E-state index is 12.5. The van der Waals surface area contributed by atoms with Crippen LogP contribution in [0.2, 0.25) is 5.02 Å². The predicted octanol–water partition coefficient (Wildman–Crippen LogP) is 4.51. The lowest BCUT2D eigenvalue weighted by molar-refractivity contribution is -0.144. The lowest BCUT2D eigenvalue weighted by atomic mass is 10.1. The number of carbonyl (C=O) groups is 2. The van der Waals surface area contributed by atoms with E-state index in [0.29, 0.717) is 22.9 Å². The average molecular weight is 416 g/mol. The van der Waals surface area contributed by atoms with Crippen LogP contribution in [0.4, 0.5) is 0 Å². The Labute approximate surface area is 174 Å². The maximum atomic E-state index is 12.5. The van der Waals surface area contributed by atoms with Gasteiger partial charge >= 0.3 is 5.97 Å². The van der Waals surface area contributed by atoms with Gasteiger partial charge in [-0.3, -0.25) is 4.79 Å². The molecule has 0 saturated carbocycles. The topological polar surface area (TPSA) is 70.7 Å². The van der Waals surface area contributed by atoms with Gasteiger partial charge in [-0.05, 0) is 56.7 Å². The summed E-state index contributed by atoms with van der Waals surface area (Å²) in [5, 5.41) is 0.406. The van der Waals surface area contributed by atoms with Crippen molar-refractivity contribution < 1.29 is 23.5 Å². The lowest BCUT2D eigenvalue weighted by Gasteiger charge is -2.09. The summed E-state index contributed by atoms with van der Waals surface area (Å²) in [7, 11) is 0. The molecule has 3 aromatic rings. The number of rotatable bonds is 8. The number of halogens is 1. The van der Waals surface area contributed by atoms with E-state index in [9.17, 15) is 9.59 Å². The predicted molar refractivity (Wildman–Crippen MR) is 109 cm³/mol. The number of aryl methyl sites for hydroxylation is 2. The van der Waals surface area contributed by atoms with Crippen molar-refractivity contribution in [2.24, 2.45) is 0 Å². The quantitative estimate of drug-likeness (QED) is 0.399. The number of Topliss-reactive ketones (excluding diaryl/α,β-unsaturated/α-hetero) is 1. The van der Waals surface area contributed by atoms with Gasteiger partial charge in [0.15, 0.2) is 13.2 Å². The van der Waals surface area contributed by atoms with E-state index in [1.165, 1.54) is 0 Å². The fraction of sp³-hybridized carbons (Fsp3) is 0.273. The Kier molecular flexibility index (Phi) is 6.44. The SMILES string of the molecule is Cc1ccc(Cl)c(OCC(=O)OCC(=O)c2cc(C)n(Cc3ccco3)c2C)c1. The molecule has 152 valence electrons. The zero-order valence-electron chi connectivity index (χ0n) is 16.5. The second-order valence-corrected chi connectivity index (χ2v) is 7.16. The standard InChI is InChI=1S/C22H22ClNO5/c1-14-6-7-19(23)21(9-14)28-13-22(26)29-12-20(25)18-10-15(2)24(16(18)3)11-17-5-4-8-27-17/h4-10H,11-13H2,1-3H3. The number of hydrogen-bond acceptors (Lipinski definition) is 5. The van der Waals surface area contributed by atoms with Crippen molar-refractivity contribution in [2.75, 3.05) is 13.2 Å². The Morgan fingerprint density at radius 1 is 1.10 bits per heavy atom. The molecule has 2 heterocycles. The molecule has 6 nitrogen and oxygen atoms in total. The second-order valence-electron chi connectivity index (χ2n) is 6.76. The third-order valence-electron chi connectivity index (χ3n) is 4.56. The number of esters is 1. The van der Waals surface area contributed by atoms with Crippen LogP contribution in [0, 0.1) is 20.8 Å². The van der Waals surface area contributed by atoms with E-state index < -0.39 is 5.97 Å². The molecule has 0 spiro atoms. The molecule has 0 atom stereocenters. The molecule has 0 bridgehead atoms. The van der Waals surface area contributed by atoms with Crippen LogP contribution in [-0.4, -0.2) is 29.5 Å². The third-order valence-corrected chi connectivity index (χ3v) is 4.88. The fourth-order valence-electron chi connectivity index (χ4n) is 3.01. The molecule has 0 aliphatic carbocycles. The zero-order valence-corrected chi connectivity index (χ0v) is 17.3. The third kappa shape index (κ3) is 5.09. The van der Waals surface area contributed by atoms with Crippen LogP contribution in [0.1, 0.15) is 33.1 Å². The van der Waals surface area contributed by atoms with Crippen LogP contribution >= 0.6 is 11.6 Å². The average Bonchev–Trinajstić information content (AvgIpc) is 3.30. The lowest BCUT2D eigenvalue weighted by Crippen LogP contribution is -2.20. The number of aromatic nitrogens is 1. The monoisotopic (exact) mass is 415 g/mol. The number of benzene rings is 1. The van der Waals surface area contributed by atoms with E-state index in [0.717, 1.165) is 22.7 Å². The fourth-order valence-corrected chi connectivity index (χ4v) is 3.18. The Bertz CT molecular complexity index is 1020. The first-order chi connectivity index (χ1) is 13.8. The second kappa shape index (κ2) is 9.01. The van der Waals surface area contributed by atoms with Crippen LogP contribution in [0.5, 0.6) is 5.75 Å². The molecule has 1 aromatic carbocycles. The summed E-state index contributed by atoms with van der Waals surface area (Å²) in [4.78, 5) is 24.5. The molecule has 2 aromatic heterocycles. The smallest absolute Gasteiger partial charge is 0.344 e. The summed E-state index contributed by atoms with van der Waals surface area (Å²) in [5.41, 5.74) is 3.19. The van der Waals surface area contributed by atoms with Crippen molar-refractivity contribution in [3.8, 4) is 5.75 Å². The molecule has 0 radical (unpaired) electrons. The minimum atomic E-state index is -0.639. The van der Waals surface area contributed by atoms with Crippen molar-refractivity contribution >= 4 is 23.4 Å². The Morgan fingerprint density at radius 3 is 2.62 bits per heavy atom. The zero-order chi connectivity index (χ0) is 21.0. The van der Waals surface area contributed by atoms with Gasteiger partial charge < -0.3 is 18.5 Å². The first-order valence-electron chi connectivity index (χ1n) is 9.12. The van der Waals surface area contributed by atoms with Gasteiger partial charge in [-0.1, -0.05) is 17.7 Å². The number of nitrogens with zero attached hydrogens (tertiary/aromatic N) is 1. The number of ketones is 1. The molecule has 0 saturated heterocycles. The van der Waals surface area contributed by atoms with Gasteiger partial charge in [0.05, 0.1) is 17.8 Å². The van der Waals surface area contributed by atoms with Gasteiger partial charge in [-0.25, -0.2) is 4.79 Å². The largest absolute Gasteiger partial charge is 0.480 e. The molecule has 0 aliphatic rings. The summed E-state index contributed by atoms with van der Waals surface area (Å²) < 4.78 is 17.8. The van der Waals surface area contributed by atoms with Crippen molar-refractivity contribution in [3.05, 3.63) is 76.0 Å². The van der Waals surface area contributed by atoms with Gasteiger partial charge in [0.25, 0.3) is 0 Å². The maximum Gasteiger partial charge on any atom is 0.344 e. The summed E-state index contributed by atoms with van der Waals surface area (Å²) >= 11 is 6.03. The summed E-state index contributed by atoms with van der Waals surface area (Å²) in [6.07, 6.45) is 1.61. The van der Waals surface area contributed by atoms with Crippen LogP contribution in [-0.2, 0) is 16.1 Å². The molecule has 0 fully saturated rings. The molecule has 0 unspecified atom stereocenters. The van der Waals surface area contributed by atoms with Crippen LogP contribution < -0.4 is 4.74 Å². The number of ether oxygens (including phenoxy) is 2. The summed E-state index contributed by atoms with van der Waals surface area (Å²) in [6, 6.07) is 10.8. The van der Waals surface area contributed by atoms with E-state index in [1.807, 2.05) is 43.5 Å². The Balaban J connectivity index is 1.56. The summed E-state index contributed by atoms with van der Waals surface area (Å²) in [6.45, 7) is 5.51. The van der Waals surface area contributed by atoms with E-state index in [2.05, 4.69) is 0 Å². The number of hydrogen-bond donors (Lipinski definition) is 0. The van der Waals surface area contributed by atoms with E-state index in [4.69, 9.17) is 25.5 Å². The minimum Gasteiger partial charge on any atom is -0.480 e. The first kappa shape index (κ1) is 20.7. The van der Waals surface area contributed by atoms with E-state index in [1.54, 1.807) is 24.5 Å². The number of carbonyl (C=O) groups excluding carboxylic acids is 2. The van der Waals surface area contributed by atoms with Gasteiger partial charge in [0, 0.05) is 17.0 Å².